The second-order valence-corrected chi connectivity index (χ2v) is 18.0. The number of imide groups is 1. The molecule has 3 saturated heterocycles. The third-order valence-corrected chi connectivity index (χ3v) is 13.5. The van der Waals surface area contributed by atoms with Gasteiger partial charge in [-0.1, -0.05) is 12.1 Å². The predicted molar refractivity (Wildman–Crippen MR) is 226 cm³/mol. The first-order valence-electron chi connectivity index (χ1n) is 21.1. The van der Waals surface area contributed by atoms with Crippen LogP contribution in [0.1, 0.15) is 115 Å². The molecule has 2 aromatic carbocycles. The molecular weight excluding hydrogens is 810 g/mol. The van der Waals surface area contributed by atoms with Crippen LogP contribution in [0, 0.1) is 17.2 Å². The van der Waals surface area contributed by atoms with E-state index >= 15 is 0 Å². The van der Waals surface area contributed by atoms with Gasteiger partial charge in [-0.05, 0) is 128 Å². The zero-order valence-electron chi connectivity index (χ0n) is 35.2. The summed E-state index contributed by atoms with van der Waals surface area (Å²) in [6.45, 7) is 8.61. The van der Waals surface area contributed by atoms with Crippen LogP contribution in [-0.4, -0.2) is 91.2 Å². The van der Waals surface area contributed by atoms with E-state index < -0.39 is 34.7 Å². The van der Waals surface area contributed by atoms with Crippen molar-refractivity contribution < 1.29 is 37.1 Å². The van der Waals surface area contributed by atoms with Gasteiger partial charge in [0, 0.05) is 43.6 Å². The molecule has 326 valence electrons. The number of nitrogens with zero attached hydrogens (tertiary/aromatic N) is 6. The molecule has 0 radical (unpaired) electrons. The number of para-hydroxylation sites is 1. The van der Waals surface area contributed by atoms with Gasteiger partial charge in [0.25, 0.3) is 5.91 Å². The number of likely N-dealkylation sites (tertiary alicyclic amines) is 1. The number of halogens is 3. The standard InChI is InChI=1S/C44H53F3N8O5S/c1-25-20-31(21-26(2)53(25)24-37(57)49-35-10-6-9-32-38(51-52(5)39(32)35)33-17-18-36(56)50-40(33)58)60-19-7-8-27-11-14-29(15-12-27)55-42(61)54(41(59)43(55,3)4)30-16-13-28(23-48)34(22-30)44(45,46)47/h6,9-10,13,16,22,25-27,29,31,33H,7-8,11-12,14-15,17-21,24H2,1-5H3,(H,49,57)(H,50,56,58). The van der Waals surface area contributed by atoms with Gasteiger partial charge in [0.2, 0.25) is 17.7 Å². The Balaban J connectivity index is 0.861. The van der Waals surface area contributed by atoms with E-state index in [0.29, 0.717) is 35.8 Å². The number of hydrogen-bond donors (Lipinski definition) is 2. The number of nitriles is 1. The summed E-state index contributed by atoms with van der Waals surface area (Å²) in [5.41, 5.74) is -0.724. The molecule has 3 aliphatic heterocycles. The van der Waals surface area contributed by atoms with Gasteiger partial charge in [0.05, 0.1) is 58.3 Å². The fraction of sp³-hybridized carbons (Fsp3) is 0.568. The van der Waals surface area contributed by atoms with Crippen LogP contribution >= 0.6 is 12.2 Å². The van der Waals surface area contributed by atoms with Gasteiger partial charge in [-0.2, -0.15) is 23.5 Å². The van der Waals surface area contributed by atoms with E-state index in [1.165, 1.54) is 11.0 Å². The Hall–Kier alpha value is -4.92. The van der Waals surface area contributed by atoms with Crippen molar-refractivity contribution in [3.8, 4) is 6.07 Å². The Kier molecular flexibility index (Phi) is 12.6. The first-order valence-corrected chi connectivity index (χ1v) is 21.6. The lowest BCUT2D eigenvalue weighted by Gasteiger charge is -2.42. The monoisotopic (exact) mass is 862 g/mol. The third-order valence-electron chi connectivity index (χ3n) is 13.1. The molecule has 4 aliphatic rings. The highest BCUT2D eigenvalue weighted by atomic mass is 32.1. The summed E-state index contributed by atoms with van der Waals surface area (Å²) in [5, 5.41) is 20.3. The fourth-order valence-corrected chi connectivity index (χ4v) is 10.6. The maximum absolute atomic E-state index is 13.8. The number of ether oxygens (including phenoxy) is 1. The van der Waals surface area contributed by atoms with Gasteiger partial charge >= 0.3 is 6.18 Å². The number of rotatable bonds is 11. The maximum atomic E-state index is 13.8. The molecule has 4 heterocycles. The Morgan fingerprint density at radius 1 is 1.07 bits per heavy atom. The van der Waals surface area contributed by atoms with Crippen molar-refractivity contribution in [1.29, 1.82) is 5.26 Å². The Morgan fingerprint density at radius 3 is 2.43 bits per heavy atom. The molecule has 1 aliphatic carbocycles. The third kappa shape index (κ3) is 8.90. The zero-order chi connectivity index (χ0) is 44.0. The molecule has 1 saturated carbocycles. The van der Waals surface area contributed by atoms with Crippen molar-refractivity contribution >= 4 is 63.2 Å². The molecular formula is C44H53F3N8O5S. The molecule has 13 nitrogen and oxygen atoms in total. The molecule has 3 aromatic rings. The molecule has 4 fully saturated rings. The highest BCUT2D eigenvalue weighted by molar-refractivity contribution is 7.80. The summed E-state index contributed by atoms with van der Waals surface area (Å²) in [6, 6.07) is 10.6. The van der Waals surface area contributed by atoms with E-state index in [1.54, 1.807) is 31.6 Å². The minimum absolute atomic E-state index is 0.00463. The predicted octanol–water partition coefficient (Wildman–Crippen LogP) is 6.93. The summed E-state index contributed by atoms with van der Waals surface area (Å²) >= 11 is 5.77. The van der Waals surface area contributed by atoms with Gasteiger partial charge in [0.15, 0.2) is 5.11 Å². The summed E-state index contributed by atoms with van der Waals surface area (Å²) < 4.78 is 49.4. The quantitative estimate of drug-likeness (QED) is 0.118. The molecule has 4 amide bonds. The van der Waals surface area contributed by atoms with Gasteiger partial charge in [0.1, 0.15) is 5.54 Å². The molecule has 7 rings (SSSR count). The second-order valence-electron chi connectivity index (χ2n) is 17.6. The number of benzene rings is 2. The lowest BCUT2D eigenvalue weighted by molar-refractivity contribution is -0.138. The second kappa shape index (κ2) is 17.5. The van der Waals surface area contributed by atoms with E-state index in [0.717, 1.165) is 68.9 Å². The van der Waals surface area contributed by atoms with Crippen LogP contribution in [0.15, 0.2) is 36.4 Å². The van der Waals surface area contributed by atoms with Crippen LogP contribution in [0.2, 0.25) is 0 Å². The Bertz CT molecular complexity index is 2250. The molecule has 1 aromatic heterocycles. The number of aromatic nitrogens is 2. The lowest BCUT2D eigenvalue weighted by atomic mass is 9.82. The van der Waals surface area contributed by atoms with Crippen LogP contribution in [0.4, 0.5) is 24.5 Å². The number of carbonyl (C=O) groups is 4. The highest BCUT2D eigenvalue weighted by Crippen LogP contribution is 2.42. The largest absolute Gasteiger partial charge is 0.417 e. The van der Waals surface area contributed by atoms with Crippen LogP contribution in [0.25, 0.3) is 10.9 Å². The number of anilines is 2. The van der Waals surface area contributed by atoms with Crippen LogP contribution in [0.5, 0.6) is 0 Å². The molecule has 0 spiro atoms. The number of carbonyl (C=O) groups excluding carboxylic acids is 4. The van der Waals surface area contributed by atoms with Crippen LogP contribution in [-0.2, 0) is 37.1 Å². The number of aryl methyl sites for hydroxylation is 1. The average Bonchev–Trinajstić information content (AvgIpc) is 3.62. The van der Waals surface area contributed by atoms with E-state index in [2.05, 4.69) is 34.5 Å². The number of hydrogen-bond acceptors (Lipinski definition) is 9. The highest BCUT2D eigenvalue weighted by Gasteiger charge is 2.52. The number of alkyl halides is 3. The normalized spacial score (nSPS) is 26.1. The molecule has 61 heavy (non-hydrogen) atoms. The fourth-order valence-electron chi connectivity index (χ4n) is 10.0. The SMILES string of the molecule is CC1CC(OCCCC2CCC(N3C(=S)N(c4ccc(C#N)c(C(F)(F)F)c4)C(=O)C3(C)C)CC2)CC(C)N1CC(=O)Nc1cccc2c(C3CCC(=O)NC3=O)nn(C)c12. The average molecular weight is 863 g/mol. The summed E-state index contributed by atoms with van der Waals surface area (Å²) in [5.74, 6) is -1.23. The minimum atomic E-state index is -4.76. The van der Waals surface area contributed by atoms with Crippen molar-refractivity contribution in [3.63, 3.8) is 0 Å². The topological polar surface area (TPSA) is 153 Å². The number of piperidine rings is 2. The number of nitrogens with one attached hydrogen (secondary N) is 2. The van der Waals surface area contributed by atoms with E-state index in [1.807, 2.05) is 23.1 Å². The zero-order valence-corrected chi connectivity index (χ0v) is 36.0. The molecule has 17 heteroatoms. The van der Waals surface area contributed by atoms with Crippen LogP contribution in [0.3, 0.4) is 0 Å². The summed E-state index contributed by atoms with van der Waals surface area (Å²) in [4.78, 5) is 56.8. The van der Waals surface area contributed by atoms with Crippen molar-refractivity contribution in [3.05, 3.63) is 53.2 Å². The van der Waals surface area contributed by atoms with Crippen LogP contribution < -0.4 is 15.5 Å². The smallest absolute Gasteiger partial charge is 0.378 e. The molecule has 3 unspecified atom stereocenters. The van der Waals surface area contributed by atoms with Crippen molar-refractivity contribution in [2.45, 2.75) is 134 Å². The molecule has 3 atom stereocenters. The maximum Gasteiger partial charge on any atom is 0.417 e. The first kappa shape index (κ1) is 44.1. The molecule has 2 N–H and O–H groups in total. The minimum Gasteiger partial charge on any atom is -0.378 e. The van der Waals surface area contributed by atoms with Crippen molar-refractivity contribution in [2.75, 3.05) is 23.4 Å². The first-order chi connectivity index (χ1) is 28.9. The molecule has 0 bridgehead atoms. The summed E-state index contributed by atoms with van der Waals surface area (Å²) in [6.07, 6.45) is 2.96. The van der Waals surface area contributed by atoms with Gasteiger partial charge in [-0.25, -0.2) is 0 Å². The lowest BCUT2D eigenvalue weighted by Crippen LogP contribution is -2.51. The number of amides is 4. The number of fused-ring (bicyclic) bond motifs is 1. The number of thiocarbonyl (C=S) groups is 1. The Morgan fingerprint density at radius 2 is 1.77 bits per heavy atom. The van der Waals surface area contributed by atoms with Gasteiger partial charge in [-0.15, -0.1) is 0 Å². The summed E-state index contributed by atoms with van der Waals surface area (Å²) in [7, 11) is 1.78. The van der Waals surface area contributed by atoms with E-state index in [4.69, 9.17) is 17.0 Å². The van der Waals surface area contributed by atoms with Crippen molar-refractivity contribution in [1.82, 2.24) is 24.9 Å². The van der Waals surface area contributed by atoms with E-state index in [-0.39, 0.29) is 65.7 Å². The van der Waals surface area contributed by atoms with Crippen molar-refractivity contribution in [2.24, 2.45) is 13.0 Å². The Labute approximate surface area is 358 Å². The van der Waals surface area contributed by atoms with Gasteiger partial charge < -0.3 is 15.0 Å². The van der Waals surface area contributed by atoms with Gasteiger partial charge in [-0.3, -0.25) is 39.0 Å². The van der Waals surface area contributed by atoms with E-state index in [9.17, 15) is 37.6 Å².